The summed E-state index contributed by atoms with van der Waals surface area (Å²) in [5.74, 6) is 2.02. The van der Waals surface area contributed by atoms with E-state index in [1.165, 1.54) is 14.2 Å². The summed E-state index contributed by atoms with van der Waals surface area (Å²) in [6.07, 6.45) is 0. The molecule has 0 atom stereocenters. The van der Waals surface area contributed by atoms with Gasteiger partial charge in [-0.05, 0) is 36.4 Å². The van der Waals surface area contributed by atoms with E-state index < -0.39 is 0 Å². The van der Waals surface area contributed by atoms with Crippen molar-refractivity contribution >= 4 is 21.8 Å². The molecular weight excluding hydrogens is 398 g/mol. The van der Waals surface area contributed by atoms with E-state index in [4.69, 9.17) is 13.9 Å². The first-order chi connectivity index (χ1) is 12.6. The van der Waals surface area contributed by atoms with Crippen LogP contribution in [-0.2, 0) is 6.54 Å². The van der Waals surface area contributed by atoms with Crippen LogP contribution in [0, 0.1) is 0 Å². The molecule has 0 unspecified atom stereocenters. The molecule has 3 rings (SSSR count). The predicted octanol–water partition coefficient (Wildman–Crippen LogP) is 4.66. The van der Waals surface area contributed by atoms with Crippen molar-refractivity contribution in [2.75, 3.05) is 14.2 Å². The zero-order valence-electron chi connectivity index (χ0n) is 14.4. The first-order valence-corrected chi connectivity index (χ1v) is 8.75. The molecule has 0 saturated carbocycles. The Kier molecular flexibility index (Phi) is 5.63. The zero-order chi connectivity index (χ0) is 18.5. The first kappa shape index (κ1) is 18.1. The van der Waals surface area contributed by atoms with Gasteiger partial charge in [-0.3, -0.25) is 4.79 Å². The van der Waals surface area contributed by atoms with Gasteiger partial charge in [0.25, 0.3) is 5.91 Å². The van der Waals surface area contributed by atoms with E-state index >= 15 is 0 Å². The average Bonchev–Trinajstić information content (AvgIpc) is 3.15. The second-order valence-corrected chi connectivity index (χ2v) is 6.41. The molecule has 1 N–H and O–H groups in total. The number of halogens is 1. The van der Waals surface area contributed by atoms with E-state index in [0.717, 1.165) is 15.8 Å². The van der Waals surface area contributed by atoms with Gasteiger partial charge < -0.3 is 19.2 Å². The van der Waals surface area contributed by atoms with Crippen LogP contribution in [0.3, 0.4) is 0 Å². The summed E-state index contributed by atoms with van der Waals surface area (Å²) in [5.41, 5.74) is 1.33. The number of ether oxygens (including phenoxy) is 2. The van der Waals surface area contributed by atoms with Gasteiger partial charge in [0.15, 0.2) is 0 Å². The quantitative estimate of drug-likeness (QED) is 0.635. The molecule has 5 nitrogen and oxygen atoms in total. The summed E-state index contributed by atoms with van der Waals surface area (Å²) < 4.78 is 17.4. The summed E-state index contributed by atoms with van der Waals surface area (Å²) >= 11 is 3.41. The summed E-state index contributed by atoms with van der Waals surface area (Å²) in [4.78, 5) is 12.6. The van der Waals surface area contributed by atoms with Crippen molar-refractivity contribution in [1.82, 2.24) is 5.32 Å². The third kappa shape index (κ3) is 3.91. The molecular formula is C20H18BrNO4. The van der Waals surface area contributed by atoms with E-state index in [2.05, 4.69) is 21.2 Å². The van der Waals surface area contributed by atoms with Crippen molar-refractivity contribution in [2.24, 2.45) is 0 Å². The number of carbonyl (C=O) groups is 1. The number of hydrogen-bond donors (Lipinski definition) is 1. The van der Waals surface area contributed by atoms with Crippen molar-refractivity contribution in [3.63, 3.8) is 0 Å². The monoisotopic (exact) mass is 415 g/mol. The van der Waals surface area contributed by atoms with Gasteiger partial charge in [0.1, 0.15) is 28.6 Å². The molecule has 0 spiro atoms. The van der Waals surface area contributed by atoms with Gasteiger partial charge in [-0.25, -0.2) is 0 Å². The number of amides is 1. The average molecular weight is 416 g/mol. The number of carbonyl (C=O) groups excluding carboxylic acids is 1. The second-order valence-electron chi connectivity index (χ2n) is 5.49. The SMILES string of the molecule is COc1cccc(OC)c1C(=O)NCc1ccc(-c2ccc(Br)cc2)o1. The lowest BCUT2D eigenvalue weighted by molar-refractivity contribution is 0.0942. The Hall–Kier alpha value is -2.73. The molecule has 2 aromatic carbocycles. The van der Waals surface area contributed by atoms with Crippen LogP contribution >= 0.6 is 15.9 Å². The van der Waals surface area contributed by atoms with Gasteiger partial charge >= 0.3 is 0 Å². The molecule has 0 aliphatic heterocycles. The Morgan fingerprint density at radius 2 is 1.65 bits per heavy atom. The van der Waals surface area contributed by atoms with Crippen molar-refractivity contribution < 1.29 is 18.7 Å². The molecule has 134 valence electrons. The van der Waals surface area contributed by atoms with Crippen LogP contribution in [0.2, 0.25) is 0 Å². The fourth-order valence-corrected chi connectivity index (χ4v) is 2.84. The third-order valence-corrected chi connectivity index (χ3v) is 4.40. The highest BCUT2D eigenvalue weighted by Gasteiger charge is 2.18. The van der Waals surface area contributed by atoms with Crippen LogP contribution in [0.25, 0.3) is 11.3 Å². The first-order valence-electron chi connectivity index (χ1n) is 7.96. The van der Waals surface area contributed by atoms with Gasteiger partial charge in [0.2, 0.25) is 0 Å². The van der Waals surface area contributed by atoms with Crippen LogP contribution in [-0.4, -0.2) is 20.1 Å². The van der Waals surface area contributed by atoms with E-state index in [-0.39, 0.29) is 12.5 Å². The minimum atomic E-state index is -0.291. The lowest BCUT2D eigenvalue weighted by Gasteiger charge is -2.12. The highest BCUT2D eigenvalue weighted by atomic mass is 79.9. The van der Waals surface area contributed by atoms with Crippen molar-refractivity contribution in [1.29, 1.82) is 0 Å². The minimum absolute atomic E-state index is 0.260. The Bertz CT molecular complexity index is 880. The molecule has 26 heavy (non-hydrogen) atoms. The maximum absolute atomic E-state index is 12.6. The van der Waals surface area contributed by atoms with Crippen LogP contribution in [0.15, 0.2) is 63.5 Å². The van der Waals surface area contributed by atoms with Gasteiger partial charge in [-0.2, -0.15) is 0 Å². The number of benzene rings is 2. The number of hydrogen-bond acceptors (Lipinski definition) is 4. The van der Waals surface area contributed by atoms with Crippen LogP contribution in [0.4, 0.5) is 0 Å². The van der Waals surface area contributed by atoms with E-state index in [9.17, 15) is 4.79 Å². The highest BCUT2D eigenvalue weighted by Crippen LogP contribution is 2.28. The molecule has 3 aromatic rings. The third-order valence-electron chi connectivity index (χ3n) is 3.87. The summed E-state index contributed by atoms with van der Waals surface area (Å²) in [7, 11) is 3.03. The molecule has 6 heteroatoms. The Balaban J connectivity index is 1.72. The molecule has 1 heterocycles. The Morgan fingerprint density at radius 3 is 2.27 bits per heavy atom. The fraction of sp³-hybridized carbons (Fsp3) is 0.150. The normalized spacial score (nSPS) is 10.4. The predicted molar refractivity (Wildman–Crippen MR) is 103 cm³/mol. The fourth-order valence-electron chi connectivity index (χ4n) is 2.57. The van der Waals surface area contributed by atoms with Crippen LogP contribution < -0.4 is 14.8 Å². The van der Waals surface area contributed by atoms with Crippen LogP contribution in [0.5, 0.6) is 11.5 Å². The number of methoxy groups -OCH3 is 2. The summed E-state index contributed by atoms with van der Waals surface area (Å²) in [6.45, 7) is 0.260. The summed E-state index contributed by atoms with van der Waals surface area (Å²) in [5, 5.41) is 2.84. The molecule has 0 aliphatic carbocycles. The van der Waals surface area contributed by atoms with Gasteiger partial charge in [-0.15, -0.1) is 0 Å². The molecule has 0 radical (unpaired) electrons. The second kappa shape index (κ2) is 8.10. The van der Waals surface area contributed by atoms with Gasteiger partial charge in [0, 0.05) is 10.0 Å². The number of furan rings is 1. The largest absolute Gasteiger partial charge is 0.496 e. The maximum atomic E-state index is 12.6. The smallest absolute Gasteiger partial charge is 0.259 e. The standard InChI is InChI=1S/C20H18BrNO4/c1-24-17-4-3-5-18(25-2)19(17)20(23)22-12-15-10-11-16(26-15)13-6-8-14(21)9-7-13/h3-11H,12H2,1-2H3,(H,22,23). The molecule has 0 bridgehead atoms. The molecule has 0 saturated heterocycles. The Morgan fingerprint density at radius 1 is 1.00 bits per heavy atom. The molecule has 1 amide bonds. The Labute approximate surface area is 160 Å². The van der Waals surface area contributed by atoms with Gasteiger partial charge in [0.05, 0.1) is 20.8 Å². The molecule has 0 fully saturated rings. The number of rotatable bonds is 6. The van der Waals surface area contributed by atoms with Crippen molar-refractivity contribution in [3.05, 3.63) is 70.4 Å². The zero-order valence-corrected chi connectivity index (χ0v) is 16.0. The van der Waals surface area contributed by atoms with Crippen molar-refractivity contribution in [3.8, 4) is 22.8 Å². The van der Waals surface area contributed by atoms with Crippen molar-refractivity contribution in [2.45, 2.75) is 6.54 Å². The van der Waals surface area contributed by atoms with E-state index in [1.807, 2.05) is 36.4 Å². The minimum Gasteiger partial charge on any atom is -0.496 e. The molecule has 0 aliphatic rings. The lowest BCUT2D eigenvalue weighted by atomic mass is 10.1. The van der Waals surface area contributed by atoms with E-state index in [0.29, 0.717) is 22.8 Å². The molecule has 1 aromatic heterocycles. The maximum Gasteiger partial charge on any atom is 0.259 e. The van der Waals surface area contributed by atoms with E-state index in [1.54, 1.807) is 18.2 Å². The van der Waals surface area contributed by atoms with Gasteiger partial charge in [-0.1, -0.05) is 34.1 Å². The topological polar surface area (TPSA) is 60.7 Å². The highest BCUT2D eigenvalue weighted by molar-refractivity contribution is 9.10. The number of nitrogens with one attached hydrogen (secondary N) is 1. The van der Waals surface area contributed by atoms with Crippen LogP contribution in [0.1, 0.15) is 16.1 Å². The lowest BCUT2D eigenvalue weighted by Crippen LogP contribution is -2.23. The summed E-state index contributed by atoms with van der Waals surface area (Å²) in [6, 6.07) is 16.8.